The lowest BCUT2D eigenvalue weighted by atomic mass is 10.3. The van der Waals surface area contributed by atoms with Gasteiger partial charge in [0, 0.05) is 18.8 Å². The average molecular weight is 291 g/mol. The van der Waals surface area contributed by atoms with E-state index in [1.807, 2.05) is 27.1 Å². The summed E-state index contributed by atoms with van der Waals surface area (Å²) in [7, 11) is 1.86. The summed E-state index contributed by atoms with van der Waals surface area (Å²) in [5.41, 5.74) is 1.65. The first kappa shape index (κ1) is 13.3. The van der Waals surface area contributed by atoms with Crippen molar-refractivity contribution in [1.82, 2.24) is 14.8 Å². The number of hydrogen-bond acceptors (Lipinski definition) is 5. The van der Waals surface area contributed by atoms with Crippen molar-refractivity contribution in [3.05, 3.63) is 23.0 Å². The summed E-state index contributed by atoms with van der Waals surface area (Å²) < 4.78 is 7.23. The van der Waals surface area contributed by atoms with Crippen molar-refractivity contribution in [1.29, 1.82) is 0 Å². The molecule has 2 heterocycles. The highest BCUT2D eigenvalue weighted by Gasteiger charge is 2.31. The van der Waals surface area contributed by atoms with E-state index >= 15 is 0 Å². The zero-order valence-corrected chi connectivity index (χ0v) is 12.6. The van der Waals surface area contributed by atoms with Gasteiger partial charge in [0.2, 0.25) is 0 Å². The third-order valence-electron chi connectivity index (χ3n) is 3.51. The number of esters is 1. The second-order valence-electron chi connectivity index (χ2n) is 5.28. The molecule has 0 N–H and O–H groups in total. The molecule has 106 valence electrons. The van der Waals surface area contributed by atoms with Crippen LogP contribution in [-0.4, -0.2) is 26.8 Å². The molecule has 0 aromatic carbocycles. The van der Waals surface area contributed by atoms with E-state index < -0.39 is 0 Å². The first-order valence-corrected chi connectivity index (χ1v) is 7.53. The molecule has 1 atom stereocenters. The Morgan fingerprint density at radius 3 is 2.90 bits per heavy atom. The lowest BCUT2D eigenvalue weighted by Crippen LogP contribution is -2.16. The number of nitrogens with zero attached hydrogens (tertiary/aromatic N) is 3. The molecule has 0 bridgehead atoms. The number of carbonyl (C=O) groups excluding carboxylic acids is 1. The fourth-order valence-electron chi connectivity index (χ4n) is 2.13. The number of ether oxygens (including phenoxy) is 1. The maximum Gasteiger partial charge on any atom is 0.350 e. The van der Waals surface area contributed by atoms with Crippen molar-refractivity contribution in [3.8, 4) is 10.6 Å². The summed E-state index contributed by atoms with van der Waals surface area (Å²) in [6.45, 7) is 3.81. The molecule has 1 fully saturated rings. The predicted molar refractivity (Wildman–Crippen MR) is 76.7 cm³/mol. The highest BCUT2D eigenvalue weighted by atomic mass is 32.1. The highest BCUT2D eigenvalue weighted by Crippen LogP contribution is 2.35. The molecule has 0 unspecified atom stereocenters. The SMILES string of the molecule is Cc1nc(-c2cnn(C)c2)sc1C(=O)O[C@@H](C)C1CC1. The smallest absolute Gasteiger partial charge is 0.350 e. The Bertz CT molecular complexity index is 643. The summed E-state index contributed by atoms with van der Waals surface area (Å²) in [5, 5.41) is 4.93. The van der Waals surface area contributed by atoms with E-state index in [4.69, 9.17) is 4.74 Å². The summed E-state index contributed by atoms with van der Waals surface area (Å²) >= 11 is 1.37. The van der Waals surface area contributed by atoms with Crippen LogP contribution in [0.1, 0.15) is 35.1 Å². The van der Waals surface area contributed by atoms with Gasteiger partial charge in [0.15, 0.2) is 0 Å². The lowest BCUT2D eigenvalue weighted by Gasteiger charge is -2.10. The molecule has 0 aliphatic heterocycles. The van der Waals surface area contributed by atoms with Crippen LogP contribution in [0.15, 0.2) is 12.4 Å². The molecule has 2 aromatic heterocycles. The molecular weight excluding hydrogens is 274 g/mol. The maximum absolute atomic E-state index is 12.2. The van der Waals surface area contributed by atoms with E-state index in [1.165, 1.54) is 11.3 Å². The third-order valence-corrected chi connectivity index (χ3v) is 4.70. The minimum atomic E-state index is -0.255. The number of aromatic nitrogens is 3. The number of thiazole rings is 1. The van der Waals surface area contributed by atoms with Crippen LogP contribution < -0.4 is 0 Å². The highest BCUT2D eigenvalue weighted by molar-refractivity contribution is 7.17. The number of aryl methyl sites for hydroxylation is 2. The molecule has 1 aliphatic rings. The van der Waals surface area contributed by atoms with Crippen LogP contribution in [0.3, 0.4) is 0 Å². The second-order valence-corrected chi connectivity index (χ2v) is 6.28. The van der Waals surface area contributed by atoms with E-state index in [-0.39, 0.29) is 12.1 Å². The van der Waals surface area contributed by atoms with Crippen molar-refractivity contribution in [2.75, 3.05) is 0 Å². The summed E-state index contributed by atoms with van der Waals surface area (Å²) in [5.74, 6) is 0.291. The van der Waals surface area contributed by atoms with Crippen molar-refractivity contribution < 1.29 is 9.53 Å². The minimum absolute atomic E-state index is 0.00541. The van der Waals surface area contributed by atoms with E-state index in [9.17, 15) is 4.79 Å². The summed E-state index contributed by atoms with van der Waals surface area (Å²) in [4.78, 5) is 17.2. The topological polar surface area (TPSA) is 57.0 Å². The van der Waals surface area contributed by atoms with Gasteiger partial charge in [-0.3, -0.25) is 4.68 Å². The Hall–Kier alpha value is -1.69. The summed E-state index contributed by atoms with van der Waals surface area (Å²) in [6, 6.07) is 0. The van der Waals surface area contributed by atoms with Gasteiger partial charge in [-0.2, -0.15) is 5.10 Å². The van der Waals surface area contributed by atoms with E-state index in [0.717, 1.165) is 29.1 Å². The second kappa shape index (κ2) is 5.01. The molecule has 2 aromatic rings. The maximum atomic E-state index is 12.2. The summed E-state index contributed by atoms with van der Waals surface area (Å²) in [6.07, 6.45) is 5.97. The zero-order chi connectivity index (χ0) is 14.3. The fraction of sp³-hybridized carbons (Fsp3) is 0.500. The quantitative estimate of drug-likeness (QED) is 0.813. The molecule has 5 nitrogen and oxygen atoms in total. The number of carbonyl (C=O) groups is 1. The molecule has 1 saturated carbocycles. The Morgan fingerprint density at radius 2 is 2.30 bits per heavy atom. The van der Waals surface area contributed by atoms with Gasteiger partial charge in [-0.15, -0.1) is 11.3 Å². The standard InChI is InChI=1S/C14H17N3O2S/c1-8-12(14(18)19-9(2)10-4-5-10)20-13(16-8)11-6-15-17(3)7-11/h6-7,9-10H,4-5H2,1-3H3/t9-/m0/s1. The molecule has 0 spiro atoms. The lowest BCUT2D eigenvalue weighted by molar-refractivity contribution is 0.0299. The normalized spacial score (nSPS) is 16.1. The van der Waals surface area contributed by atoms with Crippen LogP contribution >= 0.6 is 11.3 Å². The van der Waals surface area contributed by atoms with Gasteiger partial charge in [0.1, 0.15) is 16.0 Å². The Morgan fingerprint density at radius 1 is 1.55 bits per heavy atom. The monoisotopic (exact) mass is 291 g/mol. The minimum Gasteiger partial charge on any atom is -0.458 e. The van der Waals surface area contributed by atoms with E-state index in [1.54, 1.807) is 10.9 Å². The molecule has 20 heavy (non-hydrogen) atoms. The Kier molecular flexibility index (Phi) is 3.33. The van der Waals surface area contributed by atoms with Crippen LogP contribution in [0, 0.1) is 12.8 Å². The van der Waals surface area contributed by atoms with Crippen LogP contribution in [0.25, 0.3) is 10.6 Å². The zero-order valence-electron chi connectivity index (χ0n) is 11.8. The van der Waals surface area contributed by atoms with Crippen molar-refractivity contribution in [3.63, 3.8) is 0 Å². The van der Waals surface area contributed by atoms with E-state index in [0.29, 0.717) is 10.8 Å². The number of rotatable bonds is 4. The third kappa shape index (κ3) is 2.60. The first-order chi connectivity index (χ1) is 9.54. The van der Waals surface area contributed by atoms with Gasteiger partial charge < -0.3 is 4.74 Å². The van der Waals surface area contributed by atoms with Crippen LogP contribution in [-0.2, 0) is 11.8 Å². The van der Waals surface area contributed by atoms with Gasteiger partial charge in [-0.05, 0) is 32.6 Å². The van der Waals surface area contributed by atoms with Crippen LogP contribution in [0.2, 0.25) is 0 Å². The first-order valence-electron chi connectivity index (χ1n) is 6.72. The fourth-order valence-corrected chi connectivity index (χ4v) is 3.05. The van der Waals surface area contributed by atoms with Gasteiger partial charge >= 0.3 is 5.97 Å². The molecule has 6 heteroatoms. The molecule has 1 aliphatic carbocycles. The van der Waals surface area contributed by atoms with E-state index in [2.05, 4.69) is 10.1 Å². The average Bonchev–Trinajstić information content (AvgIpc) is 3.06. The Balaban J connectivity index is 1.79. The Labute approximate surface area is 121 Å². The predicted octanol–water partition coefficient (Wildman–Crippen LogP) is 2.81. The largest absolute Gasteiger partial charge is 0.458 e. The molecule has 3 rings (SSSR count). The molecule has 0 saturated heterocycles. The van der Waals surface area contributed by atoms with Crippen LogP contribution in [0.5, 0.6) is 0 Å². The van der Waals surface area contributed by atoms with Crippen molar-refractivity contribution in [2.24, 2.45) is 13.0 Å². The van der Waals surface area contributed by atoms with Gasteiger partial charge in [0.05, 0.1) is 11.9 Å². The van der Waals surface area contributed by atoms with Crippen LogP contribution in [0.4, 0.5) is 0 Å². The number of hydrogen-bond donors (Lipinski definition) is 0. The van der Waals surface area contributed by atoms with Crippen molar-refractivity contribution >= 4 is 17.3 Å². The van der Waals surface area contributed by atoms with Gasteiger partial charge in [0.25, 0.3) is 0 Å². The molecular formula is C14H17N3O2S. The van der Waals surface area contributed by atoms with Gasteiger partial charge in [-0.1, -0.05) is 0 Å². The molecule has 0 amide bonds. The molecule has 0 radical (unpaired) electrons. The van der Waals surface area contributed by atoms with Crippen molar-refractivity contribution in [2.45, 2.75) is 32.8 Å². The van der Waals surface area contributed by atoms with Gasteiger partial charge in [-0.25, -0.2) is 9.78 Å².